The van der Waals surface area contributed by atoms with Crippen LogP contribution in [-0.2, 0) is 23.1 Å². The fourth-order valence-electron chi connectivity index (χ4n) is 2.09. The largest absolute Gasteiger partial charge is 0.355 e. The molecule has 1 unspecified atom stereocenters. The van der Waals surface area contributed by atoms with Crippen LogP contribution in [0.15, 0.2) is 40.7 Å². The number of nitrogens with one attached hydrogen (secondary N) is 2. The molecule has 0 bridgehead atoms. The number of anilines is 1. The third-order valence-electron chi connectivity index (χ3n) is 3.38. The lowest BCUT2D eigenvalue weighted by molar-refractivity contribution is 0.680. The lowest BCUT2D eigenvalue weighted by Crippen LogP contribution is -2.38. The van der Waals surface area contributed by atoms with Crippen LogP contribution in [0.3, 0.4) is 0 Å². The van der Waals surface area contributed by atoms with Crippen molar-refractivity contribution < 1.29 is 4.21 Å². The molecule has 25 heavy (non-hydrogen) atoms. The Morgan fingerprint density at radius 2 is 2.04 bits per heavy atom. The molecule has 0 fully saturated rings. The summed E-state index contributed by atoms with van der Waals surface area (Å²) in [5.74, 6) is 1.86. The highest BCUT2D eigenvalue weighted by molar-refractivity contribution is 7.84. The number of thiazole rings is 1. The summed E-state index contributed by atoms with van der Waals surface area (Å²) in [5.41, 5.74) is 2.08. The van der Waals surface area contributed by atoms with E-state index in [1.54, 1.807) is 18.4 Å². The molecule has 0 saturated carbocycles. The molecule has 2 N–H and O–H groups in total. The van der Waals surface area contributed by atoms with Crippen LogP contribution < -0.4 is 15.5 Å². The first kappa shape index (κ1) is 19.4. The maximum absolute atomic E-state index is 12.1. The normalized spacial score (nSPS) is 12.7. The van der Waals surface area contributed by atoms with Crippen molar-refractivity contribution >= 4 is 33.2 Å². The second-order valence-corrected chi connectivity index (χ2v) is 8.06. The molecule has 0 amide bonds. The van der Waals surface area contributed by atoms with E-state index in [0.29, 0.717) is 30.6 Å². The topological polar surface area (TPSA) is 69.6 Å². The van der Waals surface area contributed by atoms with Crippen molar-refractivity contribution in [2.45, 2.75) is 12.3 Å². The monoisotopic (exact) mass is 379 g/mol. The third kappa shape index (κ3) is 6.83. The quantitative estimate of drug-likeness (QED) is 0.541. The van der Waals surface area contributed by atoms with E-state index in [1.807, 2.05) is 54.7 Å². The fraction of sp³-hybridized carbons (Fsp3) is 0.412. The molecule has 8 heteroatoms. The predicted octanol–water partition coefficient (Wildman–Crippen LogP) is 1.82. The van der Waals surface area contributed by atoms with Crippen molar-refractivity contribution in [3.63, 3.8) is 0 Å². The van der Waals surface area contributed by atoms with E-state index in [4.69, 9.17) is 0 Å². The van der Waals surface area contributed by atoms with Crippen LogP contribution >= 0.6 is 11.3 Å². The fourth-order valence-corrected chi connectivity index (χ4v) is 3.89. The van der Waals surface area contributed by atoms with Crippen molar-refractivity contribution in [2.75, 3.05) is 38.3 Å². The van der Waals surface area contributed by atoms with E-state index in [2.05, 4.69) is 20.6 Å². The summed E-state index contributed by atoms with van der Waals surface area (Å²) >= 11 is 1.61. The van der Waals surface area contributed by atoms with E-state index in [-0.39, 0.29) is 0 Å². The highest BCUT2D eigenvalue weighted by Gasteiger charge is 2.06. The van der Waals surface area contributed by atoms with Gasteiger partial charge in [-0.25, -0.2) is 4.98 Å². The molecule has 2 rings (SSSR count). The van der Waals surface area contributed by atoms with Crippen LogP contribution in [0.4, 0.5) is 5.13 Å². The van der Waals surface area contributed by atoms with Gasteiger partial charge in [0.05, 0.1) is 12.2 Å². The maximum Gasteiger partial charge on any atom is 0.191 e. The van der Waals surface area contributed by atoms with Crippen molar-refractivity contribution in [3.05, 3.63) is 47.0 Å². The van der Waals surface area contributed by atoms with Crippen molar-refractivity contribution in [1.29, 1.82) is 0 Å². The molecular weight excluding hydrogens is 354 g/mol. The van der Waals surface area contributed by atoms with E-state index < -0.39 is 10.8 Å². The zero-order chi connectivity index (χ0) is 18.1. The van der Waals surface area contributed by atoms with E-state index >= 15 is 0 Å². The van der Waals surface area contributed by atoms with Gasteiger partial charge < -0.3 is 15.5 Å². The zero-order valence-corrected chi connectivity index (χ0v) is 16.5. The van der Waals surface area contributed by atoms with Crippen LogP contribution in [0.1, 0.15) is 11.3 Å². The molecule has 1 aromatic heterocycles. The van der Waals surface area contributed by atoms with Gasteiger partial charge in [0.2, 0.25) is 0 Å². The average Bonchev–Trinajstić information content (AvgIpc) is 3.08. The van der Waals surface area contributed by atoms with Gasteiger partial charge in [0.1, 0.15) is 0 Å². The number of benzene rings is 1. The van der Waals surface area contributed by atoms with Crippen LogP contribution in [0, 0.1) is 0 Å². The van der Waals surface area contributed by atoms with Gasteiger partial charge in [-0.1, -0.05) is 30.3 Å². The second-order valence-electron chi connectivity index (χ2n) is 5.64. The van der Waals surface area contributed by atoms with E-state index in [0.717, 1.165) is 16.4 Å². The summed E-state index contributed by atoms with van der Waals surface area (Å²) in [6.07, 6.45) is 0. The van der Waals surface area contributed by atoms with Gasteiger partial charge in [0, 0.05) is 55.4 Å². The Labute approximate surface area is 155 Å². The first-order chi connectivity index (χ1) is 12.1. The number of rotatable bonds is 8. The summed E-state index contributed by atoms with van der Waals surface area (Å²) < 4.78 is 12.1. The molecule has 1 heterocycles. The molecule has 0 aliphatic carbocycles. The summed E-state index contributed by atoms with van der Waals surface area (Å²) in [4.78, 5) is 10.7. The molecule has 136 valence electrons. The Morgan fingerprint density at radius 3 is 2.68 bits per heavy atom. The SMILES string of the molecule is CN=C(NCCS(=O)Cc1ccccc1)NCc1csc(N(C)C)n1. The van der Waals surface area contributed by atoms with Gasteiger partial charge in [-0.05, 0) is 5.56 Å². The molecule has 1 atom stereocenters. The molecule has 1 aromatic carbocycles. The summed E-state index contributed by atoms with van der Waals surface area (Å²) in [5, 5.41) is 9.44. The molecule has 6 nitrogen and oxygen atoms in total. The number of aliphatic imine (C=N–C) groups is 1. The Kier molecular flexibility index (Phi) is 7.87. The van der Waals surface area contributed by atoms with Gasteiger partial charge in [-0.2, -0.15) is 0 Å². The number of nitrogens with zero attached hydrogens (tertiary/aromatic N) is 3. The molecule has 0 aliphatic rings. The highest BCUT2D eigenvalue weighted by atomic mass is 32.2. The smallest absolute Gasteiger partial charge is 0.191 e. The molecule has 0 spiro atoms. The van der Waals surface area contributed by atoms with Gasteiger partial charge in [0.15, 0.2) is 11.1 Å². The Bertz CT molecular complexity index is 700. The van der Waals surface area contributed by atoms with Gasteiger partial charge >= 0.3 is 0 Å². The molecule has 0 aliphatic heterocycles. The highest BCUT2D eigenvalue weighted by Crippen LogP contribution is 2.17. The summed E-state index contributed by atoms with van der Waals surface area (Å²) in [6, 6.07) is 9.91. The predicted molar refractivity (Wildman–Crippen MR) is 108 cm³/mol. The summed E-state index contributed by atoms with van der Waals surface area (Å²) in [7, 11) is 4.79. The lowest BCUT2D eigenvalue weighted by atomic mass is 10.2. The van der Waals surface area contributed by atoms with Crippen LogP contribution in [0.2, 0.25) is 0 Å². The van der Waals surface area contributed by atoms with Crippen LogP contribution in [0.5, 0.6) is 0 Å². The number of hydrogen-bond acceptors (Lipinski definition) is 5. The van der Waals surface area contributed by atoms with Crippen molar-refractivity contribution in [3.8, 4) is 0 Å². The number of hydrogen-bond donors (Lipinski definition) is 2. The Morgan fingerprint density at radius 1 is 1.28 bits per heavy atom. The maximum atomic E-state index is 12.1. The molecule has 2 aromatic rings. The standard InChI is InChI=1S/C17H25N5OS2/c1-18-16(20-11-15-12-24-17(21-15)22(2)3)19-9-10-25(23)13-14-7-5-4-6-8-14/h4-8,12H,9-11,13H2,1-3H3,(H2,18,19,20). The van der Waals surface area contributed by atoms with Gasteiger partial charge in [0.25, 0.3) is 0 Å². The second kappa shape index (κ2) is 10.1. The van der Waals surface area contributed by atoms with Crippen LogP contribution in [0.25, 0.3) is 0 Å². The first-order valence-electron chi connectivity index (χ1n) is 8.03. The molecule has 0 saturated heterocycles. The van der Waals surface area contributed by atoms with Gasteiger partial charge in [-0.15, -0.1) is 11.3 Å². The Balaban J connectivity index is 1.70. The third-order valence-corrected chi connectivity index (χ3v) is 5.75. The zero-order valence-electron chi connectivity index (χ0n) is 14.9. The number of aromatic nitrogens is 1. The van der Waals surface area contributed by atoms with Crippen molar-refractivity contribution in [2.24, 2.45) is 4.99 Å². The van der Waals surface area contributed by atoms with E-state index in [1.165, 1.54) is 0 Å². The minimum Gasteiger partial charge on any atom is -0.355 e. The Hall–Kier alpha value is -1.93. The van der Waals surface area contributed by atoms with Crippen molar-refractivity contribution in [1.82, 2.24) is 15.6 Å². The summed E-state index contributed by atoms with van der Waals surface area (Å²) in [6.45, 7) is 1.22. The van der Waals surface area contributed by atoms with Gasteiger partial charge in [-0.3, -0.25) is 9.20 Å². The minimum absolute atomic E-state index is 0.580. The molecular formula is C17H25N5OS2. The minimum atomic E-state index is -0.893. The number of guanidine groups is 1. The molecule has 0 radical (unpaired) electrons. The lowest BCUT2D eigenvalue weighted by Gasteiger charge is -2.11. The average molecular weight is 380 g/mol. The first-order valence-corrected chi connectivity index (χ1v) is 10.4. The van der Waals surface area contributed by atoms with E-state index in [9.17, 15) is 4.21 Å². The van der Waals surface area contributed by atoms with Crippen LogP contribution in [-0.4, -0.2) is 48.6 Å².